The summed E-state index contributed by atoms with van der Waals surface area (Å²) < 4.78 is 6.39. The van der Waals surface area contributed by atoms with Crippen LogP contribution in [0, 0.1) is 12.3 Å². The Kier molecular flexibility index (Phi) is 6.79. The van der Waals surface area contributed by atoms with Crippen molar-refractivity contribution in [1.29, 1.82) is 0 Å². The second-order valence-electron chi connectivity index (χ2n) is 4.47. The van der Waals surface area contributed by atoms with Crippen LogP contribution in [0.2, 0.25) is 10.0 Å². The first kappa shape index (κ1) is 17.7. The highest BCUT2D eigenvalue weighted by Crippen LogP contribution is 2.24. The molecule has 0 aliphatic carbocycles. The lowest BCUT2D eigenvalue weighted by atomic mass is 10.2. The maximum absolute atomic E-state index is 6.11. The third kappa shape index (κ3) is 5.18. The lowest BCUT2D eigenvalue weighted by molar-refractivity contribution is 0.370. The lowest BCUT2D eigenvalue weighted by Gasteiger charge is -2.08. The summed E-state index contributed by atoms with van der Waals surface area (Å²) in [6.07, 6.45) is 6.87. The Morgan fingerprint density at radius 3 is 2.70 bits per heavy atom. The molecule has 2 aromatic rings. The Hall–Kier alpha value is -1.67. The van der Waals surface area contributed by atoms with Gasteiger partial charge in [-0.1, -0.05) is 51.1 Å². The van der Waals surface area contributed by atoms with Crippen LogP contribution < -0.4 is 10.2 Å². The SMILES string of the molecule is C#CCOc1ccc(Br)cc1/C=N\NCc1c(Cl)cccc1Cl. The fraction of sp³-hybridized carbons (Fsp3) is 0.118. The van der Waals surface area contributed by atoms with Crippen LogP contribution in [-0.2, 0) is 6.54 Å². The average molecular weight is 412 g/mol. The van der Waals surface area contributed by atoms with Gasteiger partial charge in [-0.3, -0.25) is 0 Å². The van der Waals surface area contributed by atoms with Crippen molar-refractivity contribution in [2.45, 2.75) is 6.54 Å². The van der Waals surface area contributed by atoms with E-state index in [1.165, 1.54) is 0 Å². The molecular weight excluding hydrogens is 399 g/mol. The van der Waals surface area contributed by atoms with Crippen molar-refractivity contribution >= 4 is 45.3 Å². The zero-order chi connectivity index (χ0) is 16.7. The summed E-state index contributed by atoms with van der Waals surface area (Å²) in [5.74, 6) is 3.10. The van der Waals surface area contributed by atoms with Crippen molar-refractivity contribution in [1.82, 2.24) is 5.43 Å². The molecule has 0 spiro atoms. The topological polar surface area (TPSA) is 33.6 Å². The van der Waals surface area contributed by atoms with Gasteiger partial charge in [0.2, 0.25) is 0 Å². The van der Waals surface area contributed by atoms with Gasteiger partial charge < -0.3 is 10.2 Å². The Morgan fingerprint density at radius 2 is 2.00 bits per heavy atom. The molecule has 6 heteroatoms. The Labute approximate surface area is 153 Å². The molecule has 0 radical (unpaired) electrons. The molecule has 0 saturated heterocycles. The monoisotopic (exact) mass is 410 g/mol. The summed E-state index contributed by atoms with van der Waals surface area (Å²) >= 11 is 15.6. The van der Waals surface area contributed by atoms with Crippen LogP contribution in [0.15, 0.2) is 46.0 Å². The summed E-state index contributed by atoms with van der Waals surface area (Å²) in [4.78, 5) is 0. The molecule has 0 amide bonds. The summed E-state index contributed by atoms with van der Waals surface area (Å²) in [6, 6.07) is 11.0. The van der Waals surface area contributed by atoms with E-state index in [0.717, 1.165) is 15.6 Å². The van der Waals surface area contributed by atoms with Gasteiger partial charge in [0.1, 0.15) is 12.4 Å². The number of halogens is 3. The van der Waals surface area contributed by atoms with Crippen LogP contribution in [0.4, 0.5) is 0 Å². The molecule has 0 aliphatic rings. The molecule has 0 bridgehead atoms. The van der Waals surface area contributed by atoms with E-state index in [0.29, 0.717) is 22.3 Å². The van der Waals surface area contributed by atoms with Gasteiger partial charge in [0.25, 0.3) is 0 Å². The number of rotatable bonds is 6. The zero-order valence-electron chi connectivity index (χ0n) is 12.0. The fourth-order valence-corrected chi connectivity index (χ4v) is 2.72. The summed E-state index contributed by atoms with van der Waals surface area (Å²) in [7, 11) is 0. The number of hydrogen-bond acceptors (Lipinski definition) is 3. The Balaban J connectivity index is 2.06. The van der Waals surface area contributed by atoms with Crippen LogP contribution in [0.5, 0.6) is 5.75 Å². The minimum atomic E-state index is 0.200. The second kappa shape index (κ2) is 8.83. The van der Waals surface area contributed by atoms with E-state index in [9.17, 15) is 0 Å². The largest absolute Gasteiger partial charge is 0.480 e. The highest BCUT2D eigenvalue weighted by Gasteiger charge is 2.05. The molecule has 0 fully saturated rings. The van der Waals surface area contributed by atoms with Gasteiger partial charge in [-0.2, -0.15) is 5.10 Å². The molecular formula is C17H13BrCl2N2O. The van der Waals surface area contributed by atoms with E-state index < -0.39 is 0 Å². The highest BCUT2D eigenvalue weighted by atomic mass is 79.9. The number of benzene rings is 2. The van der Waals surface area contributed by atoms with E-state index in [1.807, 2.05) is 18.2 Å². The molecule has 2 aromatic carbocycles. The summed E-state index contributed by atoms with van der Waals surface area (Å²) in [6.45, 7) is 0.620. The van der Waals surface area contributed by atoms with Gasteiger partial charge in [-0.25, -0.2) is 0 Å². The van der Waals surface area contributed by atoms with E-state index in [4.69, 9.17) is 34.4 Å². The molecule has 0 unspecified atom stereocenters. The molecule has 3 nitrogen and oxygen atoms in total. The lowest BCUT2D eigenvalue weighted by Crippen LogP contribution is -2.07. The van der Waals surface area contributed by atoms with Crippen LogP contribution >= 0.6 is 39.1 Å². The third-order valence-electron chi connectivity index (χ3n) is 2.90. The van der Waals surface area contributed by atoms with Crippen molar-refractivity contribution in [2.24, 2.45) is 5.10 Å². The molecule has 0 atom stereocenters. The Bertz CT molecular complexity index is 736. The number of hydrogen-bond donors (Lipinski definition) is 1. The predicted molar refractivity (Wildman–Crippen MR) is 99.4 cm³/mol. The minimum Gasteiger partial charge on any atom is -0.480 e. The molecule has 1 N–H and O–H groups in total. The molecule has 0 aliphatic heterocycles. The van der Waals surface area contributed by atoms with Crippen LogP contribution in [0.1, 0.15) is 11.1 Å². The van der Waals surface area contributed by atoms with Gasteiger partial charge in [-0.05, 0) is 30.3 Å². The standard InChI is InChI=1S/C17H13BrCl2N2O/c1-2-8-23-17-7-6-13(18)9-12(17)10-21-22-11-14-15(19)4-3-5-16(14)20/h1,3-7,9-10,22H,8,11H2/b21-10-. The summed E-state index contributed by atoms with van der Waals surface area (Å²) in [5.41, 5.74) is 4.52. The first-order valence-electron chi connectivity index (χ1n) is 6.66. The zero-order valence-corrected chi connectivity index (χ0v) is 15.1. The first-order chi connectivity index (χ1) is 11.1. The molecule has 0 saturated carbocycles. The second-order valence-corrected chi connectivity index (χ2v) is 6.20. The normalized spacial score (nSPS) is 10.5. The van der Waals surface area contributed by atoms with E-state index >= 15 is 0 Å². The van der Waals surface area contributed by atoms with E-state index in [1.54, 1.807) is 24.4 Å². The maximum Gasteiger partial charge on any atom is 0.148 e. The van der Waals surface area contributed by atoms with Gasteiger partial charge in [0.15, 0.2) is 0 Å². The van der Waals surface area contributed by atoms with Gasteiger partial charge >= 0.3 is 0 Å². The summed E-state index contributed by atoms with van der Waals surface area (Å²) in [5, 5.41) is 5.38. The number of nitrogens with zero attached hydrogens (tertiary/aromatic N) is 1. The molecule has 118 valence electrons. The molecule has 2 rings (SSSR count). The van der Waals surface area contributed by atoms with Crippen LogP contribution in [0.25, 0.3) is 0 Å². The van der Waals surface area contributed by atoms with Crippen molar-refractivity contribution in [3.05, 3.63) is 62.0 Å². The quantitative estimate of drug-likeness (QED) is 0.417. The number of ether oxygens (including phenoxy) is 1. The smallest absolute Gasteiger partial charge is 0.148 e. The number of terminal acetylenes is 1. The Morgan fingerprint density at radius 1 is 1.26 bits per heavy atom. The first-order valence-corrected chi connectivity index (χ1v) is 8.21. The maximum atomic E-state index is 6.11. The third-order valence-corrected chi connectivity index (χ3v) is 4.10. The van der Waals surface area contributed by atoms with E-state index in [-0.39, 0.29) is 6.61 Å². The molecule has 0 heterocycles. The highest BCUT2D eigenvalue weighted by molar-refractivity contribution is 9.10. The average Bonchev–Trinajstić information content (AvgIpc) is 2.53. The van der Waals surface area contributed by atoms with Crippen molar-refractivity contribution < 1.29 is 4.74 Å². The van der Waals surface area contributed by atoms with Gasteiger partial charge in [0, 0.05) is 25.6 Å². The van der Waals surface area contributed by atoms with Crippen LogP contribution in [0.3, 0.4) is 0 Å². The van der Waals surface area contributed by atoms with Crippen molar-refractivity contribution in [3.8, 4) is 18.1 Å². The molecule has 23 heavy (non-hydrogen) atoms. The van der Waals surface area contributed by atoms with Gasteiger partial charge in [-0.15, -0.1) is 6.42 Å². The van der Waals surface area contributed by atoms with Crippen LogP contribution in [-0.4, -0.2) is 12.8 Å². The number of hydrazone groups is 1. The predicted octanol–water partition coefficient (Wildman–Crippen LogP) is 4.89. The fourth-order valence-electron chi connectivity index (χ4n) is 1.81. The van der Waals surface area contributed by atoms with E-state index in [2.05, 4.69) is 32.4 Å². The molecule has 0 aromatic heterocycles. The van der Waals surface area contributed by atoms with Crippen molar-refractivity contribution in [2.75, 3.05) is 6.61 Å². The van der Waals surface area contributed by atoms with Crippen molar-refractivity contribution in [3.63, 3.8) is 0 Å². The van der Waals surface area contributed by atoms with Gasteiger partial charge in [0.05, 0.1) is 12.8 Å². The number of nitrogens with one attached hydrogen (secondary N) is 1. The minimum absolute atomic E-state index is 0.200.